The number of hydrogen-bond acceptors (Lipinski definition) is 8. The van der Waals surface area contributed by atoms with E-state index < -0.39 is 11.7 Å². The van der Waals surface area contributed by atoms with Crippen LogP contribution in [0.2, 0.25) is 0 Å². The van der Waals surface area contributed by atoms with Gasteiger partial charge >= 0.3 is 12.2 Å². The van der Waals surface area contributed by atoms with Gasteiger partial charge in [-0.2, -0.15) is 0 Å². The Morgan fingerprint density at radius 2 is 2.00 bits per heavy atom. The summed E-state index contributed by atoms with van der Waals surface area (Å²) in [6.07, 6.45) is 2.53. The number of morpholine rings is 1. The minimum Gasteiger partial charge on any atom is -0.449 e. The zero-order valence-corrected chi connectivity index (χ0v) is 20.0. The van der Waals surface area contributed by atoms with Crippen LogP contribution in [-0.4, -0.2) is 99.8 Å². The van der Waals surface area contributed by atoms with Gasteiger partial charge in [0.1, 0.15) is 23.4 Å². The molecule has 3 heterocycles. The predicted molar refractivity (Wildman–Crippen MR) is 117 cm³/mol. The Labute approximate surface area is 195 Å². The van der Waals surface area contributed by atoms with Gasteiger partial charge in [-0.1, -0.05) is 13.3 Å². The van der Waals surface area contributed by atoms with E-state index in [0.29, 0.717) is 52.3 Å². The highest BCUT2D eigenvalue weighted by Gasteiger charge is 2.72. The van der Waals surface area contributed by atoms with E-state index >= 15 is 0 Å². The third-order valence-electron chi connectivity index (χ3n) is 7.43. The molecule has 33 heavy (non-hydrogen) atoms. The summed E-state index contributed by atoms with van der Waals surface area (Å²) in [5, 5.41) is 2.75. The molecule has 6 atom stereocenters. The lowest BCUT2D eigenvalue weighted by Crippen LogP contribution is -2.56. The van der Waals surface area contributed by atoms with Crippen molar-refractivity contribution in [3.63, 3.8) is 0 Å². The van der Waals surface area contributed by atoms with Gasteiger partial charge in [0.05, 0.1) is 38.4 Å². The molecule has 2 amide bonds. The van der Waals surface area contributed by atoms with Crippen LogP contribution < -0.4 is 5.32 Å². The van der Waals surface area contributed by atoms with Crippen molar-refractivity contribution in [3.8, 4) is 0 Å². The molecule has 188 valence electrons. The van der Waals surface area contributed by atoms with E-state index in [9.17, 15) is 9.59 Å². The third-order valence-corrected chi connectivity index (χ3v) is 7.43. The van der Waals surface area contributed by atoms with Crippen LogP contribution in [0.1, 0.15) is 46.0 Å². The summed E-state index contributed by atoms with van der Waals surface area (Å²) >= 11 is 0. The van der Waals surface area contributed by atoms with E-state index in [-0.39, 0.29) is 42.5 Å². The van der Waals surface area contributed by atoms with Gasteiger partial charge in [0.25, 0.3) is 0 Å². The van der Waals surface area contributed by atoms with E-state index in [0.717, 1.165) is 19.3 Å². The molecule has 1 spiro atoms. The van der Waals surface area contributed by atoms with Crippen LogP contribution in [0.25, 0.3) is 0 Å². The van der Waals surface area contributed by atoms with Crippen LogP contribution in [0.3, 0.4) is 0 Å². The highest BCUT2D eigenvalue weighted by molar-refractivity contribution is 5.68. The first-order valence-corrected chi connectivity index (χ1v) is 12.2. The van der Waals surface area contributed by atoms with Crippen LogP contribution in [0, 0.1) is 5.92 Å². The molecule has 1 saturated carbocycles. The normalized spacial score (nSPS) is 37.5. The maximum absolute atomic E-state index is 12.7. The second-order valence-electron chi connectivity index (χ2n) is 9.59. The molecule has 4 aliphatic rings. The highest BCUT2D eigenvalue weighted by Crippen LogP contribution is 2.59. The lowest BCUT2D eigenvalue weighted by molar-refractivity contribution is -0.123. The van der Waals surface area contributed by atoms with Crippen LogP contribution in [0.5, 0.6) is 0 Å². The molecule has 0 bridgehead atoms. The zero-order valence-electron chi connectivity index (χ0n) is 20.0. The standard InChI is InChI=1S/C23H38N2O8/c1-4-5-9-24-20(26)30-12-7-17-22(2,33-17)19-18(28-3)16(6-8-23(19)15-31-23)32-21(27)25-10-13-29-14-11-25/h16-19H,4-15H2,1-3H3,(H,24,26). The Morgan fingerprint density at radius 3 is 2.67 bits per heavy atom. The van der Waals surface area contributed by atoms with E-state index in [1.807, 2.05) is 0 Å². The summed E-state index contributed by atoms with van der Waals surface area (Å²) in [7, 11) is 1.65. The van der Waals surface area contributed by atoms with Gasteiger partial charge in [-0.3, -0.25) is 0 Å². The first kappa shape index (κ1) is 24.5. The maximum Gasteiger partial charge on any atom is 0.410 e. The third kappa shape index (κ3) is 5.39. The first-order valence-electron chi connectivity index (χ1n) is 12.2. The van der Waals surface area contributed by atoms with Gasteiger partial charge in [-0.15, -0.1) is 0 Å². The molecule has 1 aliphatic carbocycles. The van der Waals surface area contributed by atoms with Gasteiger partial charge < -0.3 is 38.6 Å². The Balaban J connectivity index is 1.33. The van der Waals surface area contributed by atoms with Gasteiger partial charge in [0.15, 0.2) is 0 Å². The first-order chi connectivity index (χ1) is 15.9. The SMILES string of the molecule is CCCCNC(=O)OCCC1OC1(C)C1C(OC)C(OC(=O)N2CCOCC2)CCC12CO2. The molecule has 10 nitrogen and oxygen atoms in total. The number of carbonyl (C=O) groups excluding carboxylic acids is 2. The number of carbonyl (C=O) groups is 2. The van der Waals surface area contributed by atoms with E-state index in [4.69, 9.17) is 28.4 Å². The lowest BCUT2D eigenvalue weighted by Gasteiger charge is -2.43. The molecule has 0 aromatic heterocycles. The second kappa shape index (κ2) is 10.3. The topological polar surface area (TPSA) is 111 Å². The van der Waals surface area contributed by atoms with E-state index in [2.05, 4.69) is 19.2 Å². The van der Waals surface area contributed by atoms with Crippen LogP contribution in [0.4, 0.5) is 9.59 Å². The Bertz CT molecular complexity index is 696. The highest BCUT2D eigenvalue weighted by atomic mass is 16.6. The minimum absolute atomic E-state index is 0.0710. The van der Waals surface area contributed by atoms with Crippen molar-refractivity contribution in [2.24, 2.45) is 5.92 Å². The lowest BCUT2D eigenvalue weighted by atomic mass is 9.68. The molecule has 4 fully saturated rings. The van der Waals surface area contributed by atoms with Gasteiger partial charge in [-0.05, 0) is 26.2 Å². The van der Waals surface area contributed by atoms with Crippen molar-refractivity contribution in [2.75, 3.05) is 53.2 Å². The van der Waals surface area contributed by atoms with Gasteiger partial charge in [0.2, 0.25) is 0 Å². The van der Waals surface area contributed by atoms with E-state index in [1.54, 1.807) is 12.0 Å². The van der Waals surface area contributed by atoms with E-state index in [1.165, 1.54) is 0 Å². The number of alkyl carbamates (subject to hydrolysis) is 1. The molecule has 4 rings (SSSR count). The quantitative estimate of drug-likeness (QED) is 0.403. The summed E-state index contributed by atoms with van der Waals surface area (Å²) in [5.41, 5.74) is -0.784. The van der Waals surface area contributed by atoms with Gasteiger partial charge in [0, 0.05) is 33.2 Å². The number of hydrogen-bond donors (Lipinski definition) is 1. The molecular formula is C23H38N2O8. The van der Waals surface area contributed by atoms with Crippen LogP contribution in [-0.2, 0) is 28.4 Å². The largest absolute Gasteiger partial charge is 0.449 e. The monoisotopic (exact) mass is 470 g/mol. The van der Waals surface area contributed by atoms with Crippen molar-refractivity contribution in [1.82, 2.24) is 10.2 Å². The molecule has 0 aromatic carbocycles. The number of nitrogens with one attached hydrogen (secondary N) is 1. The Kier molecular flexibility index (Phi) is 7.67. The summed E-state index contributed by atoms with van der Waals surface area (Å²) in [6.45, 7) is 7.82. The minimum atomic E-state index is -0.483. The average Bonchev–Trinajstić information content (AvgIpc) is 3.73. The number of epoxide rings is 2. The van der Waals surface area contributed by atoms with Gasteiger partial charge in [-0.25, -0.2) is 9.59 Å². The fourth-order valence-electron chi connectivity index (χ4n) is 5.42. The predicted octanol–water partition coefficient (Wildman–Crippen LogP) is 2.09. The van der Waals surface area contributed by atoms with Crippen molar-refractivity contribution < 1.29 is 38.0 Å². The Morgan fingerprint density at radius 1 is 1.24 bits per heavy atom. The maximum atomic E-state index is 12.7. The van der Waals surface area contributed by atoms with Crippen LogP contribution in [0.15, 0.2) is 0 Å². The summed E-state index contributed by atoms with van der Waals surface area (Å²) in [6, 6.07) is 0. The fraction of sp³-hybridized carbons (Fsp3) is 0.913. The van der Waals surface area contributed by atoms with Crippen LogP contribution >= 0.6 is 0 Å². The molecule has 3 aliphatic heterocycles. The van der Waals surface area contributed by atoms with Crippen molar-refractivity contribution in [3.05, 3.63) is 0 Å². The molecular weight excluding hydrogens is 432 g/mol. The fourth-order valence-corrected chi connectivity index (χ4v) is 5.42. The zero-order chi connectivity index (χ0) is 23.5. The molecule has 1 N–H and O–H groups in total. The number of ether oxygens (including phenoxy) is 6. The smallest absolute Gasteiger partial charge is 0.410 e. The van der Waals surface area contributed by atoms with Crippen molar-refractivity contribution in [1.29, 1.82) is 0 Å². The number of nitrogens with zero attached hydrogens (tertiary/aromatic N) is 1. The summed E-state index contributed by atoms with van der Waals surface area (Å²) in [4.78, 5) is 26.2. The number of amides is 2. The number of rotatable bonds is 9. The Hall–Kier alpha value is -1.62. The molecule has 10 heteroatoms. The molecule has 6 unspecified atom stereocenters. The van der Waals surface area contributed by atoms with Crippen molar-refractivity contribution in [2.45, 2.75) is 75.5 Å². The summed E-state index contributed by atoms with van der Waals surface area (Å²) in [5.74, 6) is -0.0744. The van der Waals surface area contributed by atoms with Crippen molar-refractivity contribution >= 4 is 12.2 Å². The second-order valence-corrected chi connectivity index (χ2v) is 9.59. The number of methoxy groups -OCH3 is 1. The molecule has 0 radical (unpaired) electrons. The molecule has 3 saturated heterocycles. The number of unbranched alkanes of at least 4 members (excludes halogenated alkanes) is 1. The average molecular weight is 471 g/mol. The summed E-state index contributed by atoms with van der Waals surface area (Å²) < 4.78 is 34.6. The molecule has 0 aromatic rings.